The number of aliphatic hydroxyl groups is 1. The van der Waals surface area contributed by atoms with Gasteiger partial charge in [0.2, 0.25) is 0 Å². The van der Waals surface area contributed by atoms with E-state index in [1.54, 1.807) is 7.11 Å². The van der Waals surface area contributed by atoms with Crippen molar-refractivity contribution in [3.8, 4) is 5.75 Å². The molecule has 0 saturated heterocycles. The van der Waals surface area contributed by atoms with Gasteiger partial charge in [-0.2, -0.15) is 0 Å². The Labute approximate surface area is 115 Å². The van der Waals surface area contributed by atoms with Crippen LogP contribution in [-0.4, -0.2) is 12.2 Å². The van der Waals surface area contributed by atoms with E-state index < -0.39 is 5.60 Å². The standard InChI is InChI=1S/C14H13ClO2S/c1-17-10-3-2-9-6-7-14(16,11(9)8-10)12-4-5-13(15)18-12/h2-5,8,16H,6-7H2,1H3. The summed E-state index contributed by atoms with van der Waals surface area (Å²) in [5.74, 6) is 0.775. The van der Waals surface area contributed by atoms with Crippen LogP contribution in [0.5, 0.6) is 5.75 Å². The van der Waals surface area contributed by atoms with Gasteiger partial charge in [-0.3, -0.25) is 0 Å². The van der Waals surface area contributed by atoms with E-state index in [9.17, 15) is 5.11 Å². The van der Waals surface area contributed by atoms with Crippen molar-refractivity contribution < 1.29 is 9.84 Å². The van der Waals surface area contributed by atoms with Crippen molar-refractivity contribution in [2.75, 3.05) is 7.11 Å². The molecule has 0 fully saturated rings. The molecule has 0 amide bonds. The molecule has 0 bridgehead atoms. The highest BCUT2D eigenvalue weighted by Crippen LogP contribution is 2.46. The van der Waals surface area contributed by atoms with Gasteiger partial charge in [-0.1, -0.05) is 17.7 Å². The fourth-order valence-electron chi connectivity index (χ4n) is 2.53. The third-order valence-electron chi connectivity index (χ3n) is 3.50. The number of fused-ring (bicyclic) bond motifs is 1. The van der Waals surface area contributed by atoms with Crippen LogP contribution in [0.25, 0.3) is 0 Å². The number of thiophene rings is 1. The molecule has 0 radical (unpaired) electrons. The Kier molecular flexibility index (Phi) is 2.85. The number of benzene rings is 1. The van der Waals surface area contributed by atoms with Crippen LogP contribution in [0.2, 0.25) is 4.34 Å². The molecule has 4 heteroatoms. The van der Waals surface area contributed by atoms with Crippen LogP contribution >= 0.6 is 22.9 Å². The van der Waals surface area contributed by atoms with E-state index >= 15 is 0 Å². The first-order valence-electron chi connectivity index (χ1n) is 5.79. The molecule has 1 atom stereocenters. The lowest BCUT2D eigenvalue weighted by atomic mass is 9.94. The maximum absolute atomic E-state index is 10.9. The third-order valence-corrected chi connectivity index (χ3v) is 4.88. The third kappa shape index (κ3) is 1.74. The molecule has 1 unspecified atom stereocenters. The van der Waals surface area contributed by atoms with Crippen LogP contribution in [0.15, 0.2) is 30.3 Å². The average Bonchev–Trinajstić information content (AvgIpc) is 2.95. The van der Waals surface area contributed by atoms with Gasteiger partial charge in [0.25, 0.3) is 0 Å². The molecule has 1 aromatic heterocycles. The van der Waals surface area contributed by atoms with Gasteiger partial charge in [0.15, 0.2) is 0 Å². The van der Waals surface area contributed by atoms with Gasteiger partial charge in [-0.25, -0.2) is 0 Å². The van der Waals surface area contributed by atoms with Crippen LogP contribution in [-0.2, 0) is 12.0 Å². The van der Waals surface area contributed by atoms with Gasteiger partial charge in [-0.15, -0.1) is 11.3 Å². The molecular formula is C14H13ClO2S. The molecule has 2 aromatic rings. The summed E-state index contributed by atoms with van der Waals surface area (Å²) >= 11 is 7.40. The van der Waals surface area contributed by atoms with Crippen LogP contribution in [0.1, 0.15) is 22.4 Å². The number of methoxy groups -OCH3 is 1. The fourth-order valence-corrected chi connectivity index (χ4v) is 3.70. The maximum Gasteiger partial charge on any atom is 0.124 e. The molecule has 2 nitrogen and oxygen atoms in total. The Hall–Kier alpha value is -1.03. The van der Waals surface area contributed by atoms with E-state index in [1.807, 2.05) is 30.3 Å². The minimum atomic E-state index is -0.915. The van der Waals surface area contributed by atoms with Crippen LogP contribution < -0.4 is 4.74 Å². The highest BCUT2D eigenvalue weighted by atomic mass is 35.5. The largest absolute Gasteiger partial charge is 0.497 e. The summed E-state index contributed by atoms with van der Waals surface area (Å²) < 4.78 is 5.94. The number of rotatable bonds is 2. The van der Waals surface area contributed by atoms with Crippen LogP contribution in [0, 0.1) is 0 Å². The van der Waals surface area contributed by atoms with Crippen LogP contribution in [0.3, 0.4) is 0 Å². The molecule has 1 aliphatic rings. The van der Waals surface area contributed by atoms with Crippen molar-refractivity contribution in [1.82, 2.24) is 0 Å². The smallest absolute Gasteiger partial charge is 0.124 e. The molecule has 94 valence electrons. The summed E-state index contributed by atoms with van der Waals surface area (Å²) in [5, 5.41) is 10.9. The number of hydrogen-bond acceptors (Lipinski definition) is 3. The molecular weight excluding hydrogens is 268 g/mol. The zero-order chi connectivity index (χ0) is 12.8. The van der Waals surface area contributed by atoms with Gasteiger partial charge in [0, 0.05) is 4.88 Å². The molecule has 0 spiro atoms. The monoisotopic (exact) mass is 280 g/mol. The second-order valence-electron chi connectivity index (χ2n) is 4.49. The summed E-state index contributed by atoms with van der Waals surface area (Å²) in [6.45, 7) is 0. The molecule has 1 N–H and O–H groups in total. The van der Waals surface area contributed by atoms with E-state index in [-0.39, 0.29) is 0 Å². The highest BCUT2D eigenvalue weighted by Gasteiger charge is 2.39. The Bertz CT molecular complexity index is 593. The van der Waals surface area contributed by atoms with E-state index in [1.165, 1.54) is 16.9 Å². The first kappa shape index (κ1) is 12.0. The van der Waals surface area contributed by atoms with Crippen molar-refractivity contribution in [3.63, 3.8) is 0 Å². The van der Waals surface area contributed by atoms with E-state index in [0.29, 0.717) is 10.8 Å². The Balaban J connectivity index is 2.12. The van der Waals surface area contributed by atoms with E-state index in [4.69, 9.17) is 16.3 Å². The average molecular weight is 281 g/mol. The topological polar surface area (TPSA) is 29.5 Å². The first-order chi connectivity index (χ1) is 8.63. The highest BCUT2D eigenvalue weighted by molar-refractivity contribution is 7.16. The first-order valence-corrected chi connectivity index (χ1v) is 6.98. The van der Waals surface area contributed by atoms with Gasteiger partial charge in [0.05, 0.1) is 11.4 Å². The molecule has 0 saturated carbocycles. The Morgan fingerprint density at radius 3 is 2.83 bits per heavy atom. The van der Waals surface area contributed by atoms with Crippen molar-refractivity contribution in [1.29, 1.82) is 0 Å². The molecule has 1 aliphatic carbocycles. The Morgan fingerprint density at radius 1 is 1.33 bits per heavy atom. The van der Waals surface area contributed by atoms with Crippen molar-refractivity contribution in [2.45, 2.75) is 18.4 Å². The molecule has 3 rings (SSSR count). The predicted molar refractivity (Wildman–Crippen MR) is 73.6 cm³/mol. The second-order valence-corrected chi connectivity index (χ2v) is 6.20. The van der Waals surface area contributed by atoms with Crippen molar-refractivity contribution >= 4 is 22.9 Å². The molecule has 18 heavy (non-hydrogen) atoms. The summed E-state index contributed by atoms with van der Waals surface area (Å²) in [5.41, 5.74) is 1.21. The number of hydrogen-bond donors (Lipinski definition) is 1. The maximum atomic E-state index is 10.9. The predicted octanol–water partition coefficient (Wildman–Crippen LogP) is 3.59. The van der Waals surface area contributed by atoms with Gasteiger partial charge in [0.1, 0.15) is 11.4 Å². The fraction of sp³-hybridized carbons (Fsp3) is 0.286. The summed E-state index contributed by atoms with van der Waals surface area (Å²) in [7, 11) is 1.64. The minimum Gasteiger partial charge on any atom is -0.497 e. The molecule has 0 aliphatic heterocycles. The number of halogens is 1. The zero-order valence-corrected chi connectivity index (χ0v) is 11.5. The lowest BCUT2D eigenvalue weighted by molar-refractivity contribution is 0.0866. The second kappa shape index (κ2) is 4.26. The molecule has 1 heterocycles. The number of ether oxygens (including phenoxy) is 1. The van der Waals surface area contributed by atoms with E-state index in [2.05, 4.69) is 0 Å². The lowest BCUT2D eigenvalue weighted by Crippen LogP contribution is -2.22. The summed E-state index contributed by atoms with van der Waals surface area (Å²) in [6, 6.07) is 9.63. The minimum absolute atomic E-state index is 0.701. The van der Waals surface area contributed by atoms with Crippen LogP contribution in [0.4, 0.5) is 0 Å². The normalized spacial score (nSPS) is 21.9. The van der Waals surface area contributed by atoms with Gasteiger partial charge in [-0.05, 0) is 48.2 Å². The van der Waals surface area contributed by atoms with Crippen molar-refractivity contribution in [2.24, 2.45) is 0 Å². The SMILES string of the molecule is COc1ccc2c(c1)C(O)(c1ccc(Cl)s1)CC2. The number of aryl methyl sites for hydroxylation is 1. The Morgan fingerprint density at radius 2 is 2.17 bits per heavy atom. The molecule has 1 aromatic carbocycles. The van der Waals surface area contributed by atoms with Gasteiger partial charge >= 0.3 is 0 Å². The van der Waals surface area contributed by atoms with E-state index in [0.717, 1.165) is 22.6 Å². The quantitative estimate of drug-likeness (QED) is 0.911. The van der Waals surface area contributed by atoms with Crippen molar-refractivity contribution in [3.05, 3.63) is 50.7 Å². The summed E-state index contributed by atoms with van der Waals surface area (Å²) in [6.07, 6.45) is 1.58. The zero-order valence-electron chi connectivity index (χ0n) is 9.94. The van der Waals surface area contributed by atoms with Gasteiger partial charge < -0.3 is 9.84 Å². The lowest BCUT2D eigenvalue weighted by Gasteiger charge is -2.22. The summed E-state index contributed by atoms with van der Waals surface area (Å²) in [4.78, 5) is 0.902.